The van der Waals surface area contributed by atoms with E-state index in [-0.39, 0.29) is 11.8 Å². The number of carbonyl (C=O) groups is 1. The normalized spacial score (nSPS) is 10.7. The molecule has 0 saturated heterocycles. The molecule has 3 N–H and O–H groups in total. The van der Waals surface area contributed by atoms with Gasteiger partial charge in [-0.25, -0.2) is 4.98 Å². The van der Waals surface area contributed by atoms with Crippen LogP contribution in [-0.4, -0.2) is 15.9 Å². The first-order valence-electron chi connectivity index (χ1n) is 6.93. The number of nitrogens with zero attached hydrogens (tertiary/aromatic N) is 2. The summed E-state index contributed by atoms with van der Waals surface area (Å²) in [6, 6.07) is 7.24. The van der Waals surface area contributed by atoms with E-state index in [9.17, 15) is 4.79 Å². The average molecular weight is 284 g/mol. The molecule has 0 radical (unpaired) electrons. The summed E-state index contributed by atoms with van der Waals surface area (Å²) in [5.41, 5.74) is 9.02. The van der Waals surface area contributed by atoms with Crippen LogP contribution in [0, 0.1) is 6.92 Å². The van der Waals surface area contributed by atoms with Crippen LogP contribution in [0.3, 0.4) is 0 Å². The number of pyridine rings is 2. The van der Waals surface area contributed by atoms with E-state index >= 15 is 0 Å². The topological polar surface area (TPSA) is 80.9 Å². The van der Waals surface area contributed by atoms with Crippen LogP contribution in [-0.2, 0) is 6.54 Å². The van der Waals surface area contributed by atoms with Crippen LogP contribution < -0.4 is 11.1 Å². The van der Waals surface area contributed by atoms with Crippen LogP contribution in [0.1, 0.15) is 47.1 Å². The number of amides is 1. The minimum atomic E-state index is -0.161. The number of nitrogens with one attached hydrogen (secondary N) is 1. The molecule has 2 rings (SSSR count). The number of nitrogens with two attached hydrogens (primary N) is 1. The number of aromatic nitrogens is 2. The summed E-state index contributed by atoms with van der Waals surface area (Å²) in [4.78, 5) is 20.6. The van der Waals surface area contributed by atoms with Gasteiger partial charge < -0.3 is 11.1 Å². The van der Waals surface area contributed by atoms with Gasteiger partial charge in [0.25, 0.3) is 5.91 Å². The third-order valence-corrected chi connectivity index (χ3v) is 3.14. The van der Waals surface area contributed by atoms with E-state index < -0.39 is 0 Å². The Hall–Kier alpha value is -2.43. The van der Waals surface area contributed by atoms with Gasteiger partial charge in [-0.1, -0.05) is 19.9 Å². The van der Waals surface area contributed by atoms with Crippen molar-refractivity contribution in [2.75, 3.05) is 5.73 Å². The number of aryl methyl sites for hydroxylation is 1. The highest BCUT2D eigenvalue weighted by Gasteiger charge is 2.10. The predicted octanol–water partition coefficient (Wildman–Crippen LogP) is 2.42. The highest BCUT2D eigenvalue weighted by Crippen LogP contribution is 2.16. The van der Waals surface area contributed by atoms with Gasteiger partial charge in [0.1, 0.15) is 5.82 Å². The fourth-order valence-electron chi connectivity index (χ4n) is 1.89. The monoisotopic (exact) mass is 284 g/mol. The lowest BCUT2D eigenvalue weighted by Crippen LogP contribution is -2.23. The number of nitrogen functional groups attached to an aromatic ring is 1. The van der Waals surface area contributed by atoms with E-state index in [1.165, 1.54) is 0 Å². The molecule has 0 aromatic carbocycles. The molecule has 0 bridgehead atoms. The van der Waals surface area contributed by atoms with Gasteiger partial charge in [0, 0.05) is 29.7 Å². The molecule has 0 aliphatic rings. The minimum absolute atomic E-state index is 0.161. The maximum atomic E-state index is 12.2. The summed E-state index contributed by atoms with van der Waals surface area (Å²) >= 11 is 0. The largest absolute Gasteiger partial charge is 0.384 e. The van der Waals surface area contributed by atoms with Gasteiger partial charge in [0.05, 0.1) is 0 Å². The zero-order chi connectivity index (χ0) is 15.4. The smallest absolute Gasteiger partial charge is 0.251 e. The van der Waals surface area contributed by atoms with Crippen molar-refractivity contribution in [1.29, 1.82) is 0 Å². The quantitative estimate of drug-likeness (QED) is 0.903. The number of hydrogen-bond acceptors (Lipinski definition) is 4. The lowest BCUT2D eigenvalue weighted by molar-refractivity contribution is 0.0950. The SMILES string of the molecule is Cc1ccc(CNC(=O)c2cc(N)nc(C(C)C)c2)cn1. The zero-order valence-corrected chi connectivity index (χ0v) is 12.6. The lowest BCUT2D eigenvalue weighted by Gasteiger charge is -2.10. The van der Waals surface area contributed by atoms with E-state index in [0.29, 0.717) is 17.9 Å². The van der Waals surface area contributed by atoms with Crippen LogP contribution in [0.5, 0.6) is 0 Å². The molecule has 21 heavy (non-hydrogen) atoms. The summed E-state index contributed by atoms with van der Waals surface area (Å²) in [6.45, 7) is 6.39. The van der Waals surface area contributed by atoms with Crippen LogP contribution >= 0.6 is 0 Å². The van der Waals surface area contributed by atoms with Crippen molar-refractivity contribution in [1.82, 2.24) is 15.3 Å². The molecule has 0 atom stereocenters. The first kappa shape index (κ1) is 15.0. The van der Waals surface area contributed by atoms with Crippen LogP contribution in [0.25, 0.3) is 0 Å². The van der Waals surface area contributed by atoms with Crippen molar-refractivity contribution in [2.24, 2.45) is 0 Å². The zero-order valence-electron chi connectivity index (χ0n) is 12.6. The highest BCUT2D eigenvalue weighted by atomic mass is 16.1. The summed E-state index contributed by atoms with van der Waals surface area (Å²) in [5.74, 6) is 0.427. The fourth-order valence-corrected chi connectivity index (χ4v) is 1.89. The molecule has 1 amide bonds. The second-order valence-corrected chi connectivity index (χ2v) is 5.35. The lowest BCUT2D eigenvalue weighted by atomic mass is 10.1. The Morgan fingerprint density at radius 3 is 2.71 bits per heavy atom. The first-order chi connectivity index (χ1) is 9.95. The second-order valence-electron chi connectivity index (χ2n) is 5.35. The molecule has 5 nitrogen and oxygen atoms in total. The average Bonchev–Trinajstić information content (AvgIpc) is 2.45. The summed E-state index contributed by atoms with van der Waals surface area (Å²) in [7, 11) is 0. The van der Waals surface area contributed by atoms with Gasteiger partial charge in [-0.3, -0.25) is 9.78 Å². The molecule has 0 spiro atoms. The number of anilines is 1. The van der Waals surface area contributed by atoms with Crippen molar-refractivity contribution < 1.29 is 4.79 Å². The number of rotatable bonds is 4. The van der Waals surface area contributed by atoms with E-state index in [2.05, 4.69) is 15.3 Å². The fraction of sp³-hybridized carbons (Fsp3) is 0.312. The molecule has 0 unspecified atom stereocenters. The van der Waals surface area contributed by atoms with Gasteiger partial charge in [0.15, 0.2) is 0 Å². The van der Waals surface area contributed by atoms with Crippen molar-refractivity contribution >= 4 is 11.7 Å². The molecule has 110 valence electrons. The molecule has 2 heterocycles. The van der Waals surface area contributed by atoms with Crippen molar-refractivity contribution in [2.45, 2.75) is 33.2 Å². The summed E-state index contributed by atoms with van der Waals surface area (Å²) < 4.78 is 0. The molecule has 2 aromatic rings. The van der Waals surface area contributed by atoms with Crippen LogP contribution in [0.2, 0.25) is 0 Å². The highest BCUT2D eigenvalue weighted by molar-refractivity contribution is 5.94. The Bertz CT molecular complexity index is 635. The maximum Gasteiger partial charge on any atom is 0.251 e. The van der Waals surface area contributed by atoms with Crippen molar-refractivity contribution in [3.63, 3.8) is 0 Å². The second kappa shape index (κ2) is 6.35. The summed E-state index contributed by atoms with van der Waals surface area (Å²) in [5, 5.41) is 2.87. The van der Waals surface area contributed by atoms with Gasteiger partial charge in [-0.2, -0.15) is 0 Å². The van der Waals surface area contributed by atoms with E-state index in [1.807, 2.05) is 32.9 Å². The third-order valence-electron chi connectivity index (χ3n) is 3.14. The van der Waals surface area contributed by atoms with Crippen molar-refractivity contribution in [3.05, 3.63) is 53.0 Å². The van der Waals surface area contributed by atoms with Gasteiger partial charge in [-0.05, 0) is 36.6 Å². The first-order valence-corrected chi connectivity index (χ1v) is 6.93. The predicted molar refractivity (Wildman–Crippen MR) is 82.9 cm³/mol. The Kier molecular flexibility index (Phi) is 4.52. The van der Waals surface area contributed by atoms with Gasteiger partial charge in [-0.15, -0.1) is 0 Å². The Balaban J connectivity index is 2.08. The molecule has 0 aliphatic heterocycles. The van der Waals surface area contributed by atoms with Gasteiger partial charge >= 0.3 is 0 Å². The molecular formula is C16H20N4O. The van der Waals surface area contributed by atoms with Gasteiger partial charge in [0.2, 0.25) is 0 Å². The Morgan fingerprint density at radius 1 is 1.33 bits per heavy atom. The number of hydrogen-bond donors (Lipinski definition) is 2. The molecule has 0 aliphatic carbocycles. The van der Waals surface area contributed by atoms with Crippen LogP contribution in [0.4, 0.5) is 5.82 Å². The number of carbonyl (C=O) groups excluding carboxylic acids is 1. The van der Waals surface area contributed by atoms with E-state index in [4.69, 9.17) is 5.73 Å². The van der Waals surface area contributed by atoms with E-state index in [0.717, 1.165) is 17.0 Å². The third kappa shape index (κ3) is 4.02. The maximum absolute atomic E-state index is 12.2. The molecule has 0 fully saturated rings. The van der Waals surface area contributed by atoms with Crippen LogP contribution in [0.15, 0.2) is 30.5 Å². The Morgan fingerprint density at radius 2 is 2.10 bits per heavy atom. The molecular weight excluding hydrogens is 264 g/mol. The van der Waals surface area contributed by atoms with E-state index in [1.54, 1.807) is 18.3 Å². The van der Waals surface area contributed by atoms with Crippen molar-refractivity contribution in [3.8, 4) is 0 Å². The Labute approximate surface area is 124 Å². The molecule has 0 saturated carbocycles. The summed E-state index contributed by atoms with van der Waals surface area (Å²) in [6.07, 6.45) is 1.76. The minimum Gasteiger partial charge on any atom is -0.384 e. The molecule has 2 aromatic heterocycles. The standard InChI is InChI=1S/C16H20N4O/c1-10(2)14-6-13(7-15(17)20-14)16(21)19-9-12-5-4-11(3)18-8-12/h4-8,10H,9H2,1-3H3,(H2,17,20)(H,19,21). The molecule has 5 heteroatoms.